The van der Waals surface area contributed by atoms with Crippen LogP contribution in [0.2, 0.25) is 0 Å². The maximum Gasteiger partial charge on any atom is 0.240 e. The second-order valence-corrected chi connectivity index (χ2v) is 6.95. The summed E-state index contributed by atoms with van der Waals surface area (Å²) >= 11 is 3.25. The van der Waals surface area contributed by atoms with Gasteiger partial charge in [-0.15, -0.1) is 12.4 Å². The molecule has 0 aliphatic rings. The molecule has 0 unspecified atom stereocenters. The van der Waals surface area contributed by atoms with Crippen molar-refractivity contribution in [2.24, 2.45) is 5.73 Å². The molecule has 7 heteroatoms. The van der Waals surface area contributed by atoms with E-state index in [1.54, 1.807) is 26.0 Å². The van der Waals surface area contributed by atoms with Crippen molar-refractivity contribution >= 4 is 38.4 Å². The van der Waals surface area contributed by atoms with Crippen molar-refractivity contribution in [3.63, 3.8) is 0 Å². The van der Waals surface area contributed by atoms with Crippen LogP contribution in [0, 0.1) is 0 Å². The van der Waals surface area contributed by atoms with Gasteiger partial charge in [-0.05, 0) is 38.1 Å². The lowest BCUT2D eigenvalue weighted by atomic mass is 10.1. The van der Waals surface area contributed by atoms with Gasteiger partial charge in [-0.3, -0.25) is 0 Å². The highest BCUT2D eigenvalue weighted by Crippen LogP contribution is 2.14. The van der Waals surface area contributed by atoms with Crippen LogP contribution >= 0.6 is 28.3 Å². The van der Waals surface area contributed by atoms with Crippen LogP contribution in [0.25, 0.3) is 0 Å². The molecule has 0 bridgehead atoms. The van der Waals surface area contributed by atoms with Gasteiger partial charge in [0.1, 0.15) is 0 Å². The van der Waals surface area contributed by atoms with Gasteiger partial charge in [0.25, 0.3) is 0 Å². The minimum Gasteiger partial charge on any atom is -0.324 e. The molecule has 0 aliphatic carbocycles. The maximum absolute atomic E-state index is 11.8. The number of halogens is 2. The van der Waals surface area contributed by atoms with Crippen molar-refractivity contribution in [2.45, 2.75) is 24.3 Å². The molecule has 0 fully saturated rings. The van der Waals surface area contributed by atoms with Crippen LogP contribution in [0.3, 0.4) is 0 Å². The van der Waals surface area contributed by atoms with Crippen LogP contribution in [0.1, 0.15) is 13.8 Å². The lowest BCUT2D eigenvalue weighted by molar-refractivity contribution is 0.498. The first kappa shape index (κ1) is 16.9. The number of hydrogen-bond acceptors (Lipinski definition) is 3. The Balaban J connectivity index is 0.00000256. The van der Waals surface area contributed by atoms with Gasteiger partial charge in [0, 0.05) is 16.6 Å². The van der Waals surface area contributed by atoms with Crippen LogP contribution in [0.5, 0.6) is 0 Å². The van der Waals surface area contributed by atoms with Gasteiger partial charge in [-0.1, -0.05) is 15.9 Å². The van der Waals surface area contributed by atoms with Crippen molar-refractivity contribution in [2.75, 3.05) is 6.54 Å². The summed E-state index contributed by atoms with van der Waals surface area (Å²) in [6.45, 7) is 3.72. The summed E-state index contributed by atoms with van der Waals surface area (Å²) in [4.78, 5) is 0.236. The van der Waals surface area contributed by atoms with E-state index in [1.807, 2.05) is 0 Å². The predicted octanol–water partition coefficient (Wildman–Crippen LogP) is 1.89. The number of benzene rings is 1. The number of nitrogens with one attached hydrogen (secondary N) is 1. The molecule has 1 aromatic carbocycles. The highest BCUT2D eigenvalue weighted by Gasteiger charge is 2.18. The fourth-order valence-corrected chi connectivity index (χ4v) is 2.47. The Kier molecular flexibility index (Phi) is 6.10. The van der Waals surface area contributed by atoms with E-state index < -0.39 is 15.6 Å². The zero-order valence-corrected chi connectivity index (χ0v) is 12.8. The second-order valence-electron chi connectivity index (χ2n) is 4.27. The number of sulfonamides is 1. The van der Waals surface area contributed by atoms with Gasteiger partial charge in [-0.25, -0.2) is 13.1 Å². The van der Waals surface area contributed by atoms with E-state index in [0.29, 0.717) is 0 Å². The quantitative estimate of drug-likeness (QED) is 0.877. The first-order valence-corrected chi connectivity index (χ1v) is 7.02. The molecule has 98 valence electrons. The van der Waals surface area contributed by atoms with Crippen LogP contribution in [-0.4, -0.2) is 20.5 Å². The molecule has 0 aromatic heterocycles. The third kappa shape index (κ3) is 5.83. The summed E-state index contributed by atoms with van der Waals surface area (Å²) in [5.74, 6) is 0. The van der Waals surface area contributed by atoms with E-state index in [1.165, 1.54) is 12.1 Å². The highest BCUT2D eigenvalue weighted by atomic mass is 79.9. The first-order valence-electron chi connectivity index (χ1n) is 4.75. The topological polar surface area (TPSA) is 72.2 Å². The fraction of sp³-hybridized carbons (Fsp3) is 0.400. The van der Waals surface area contributed by atoms with Crippen molar-refractivity contribution in [1.82, 2.24) is 4.72 Å². The lowest BCUT2D eigenvalue weighted by Gasteiger charge is -2.18. The van der Waals surface area contributed by atoms with Gasteiger partial charge in [0.15, 0.2) is 0 Å². The van der Waals surface area contributed by atoms with E-state index >= 15 is 0 Å². The average molecular weight is 344 g/mol. The highest BCUT2D eigenvalue weighted by molar-refractivity contribution is 9.10. The molecule has 3 N–H and O–H groups in total. The maximum atomic E-state index is 11.8. The molecule has 0 saturated carbocycles. The molecular weight excluding hydrogens is 328 g/mol. The summed E-state index contributed by atoms with van der Waals surface area (Å²) in [5.41, 5.74) is 5.14. The third-order valence-corrected chi connectivity index (χ3v) is 3.79. The van der Waals surface area contributed by atoms with E-state index in [9.17, 15) is 8.42 Å². The fourth-order valence-electron chi connectivity index (χ4n) is 0.978. The molecule has 0 radical (unpaired) electrons. The molecule has 0 heterocycles. The van der Waals surface area contributed by atoms with E-state index in [0.717, 1.165) is 4.47 Å². The zero-order chi connectivity index (χ0) is 12.4. The number of hydrogen-bond donors (Lipinski definition) is 2. The van der Waals surface area contributed by atoms with Crippen LogP contribution in [0.4, 0.5) is 0 Å². The molecule has 1 aromatic rings. The summed E-state index contributed by atoms with van der Waals surface area (Å²) in [5, 5.41) is 0. The normalized spacial score (nSPS) is 12.0. The second kappa shape index (κ2) is 6.15. The predicted molar refractivity (Wildman–Crippen MR) is 74.8 cm³/mol. The molecule has 4 nitrogen and oxygen atoms in total. The Morgan fingerprint density at radius 2 is 1.76 bits per heavy atom. The molecule has 0 amide bonds. The Morgan fingerprint density at radius 1 is 1.29 bits per heavy atom. The lowest BCUT2D eigenvalue weighted by Crippen LogP contribution is -2.45. The standard InChI is InChI=1S/C10H15BrN2O2S.ClH/c1-10(2,12)7-13-16(14,15)9-5-3-8(11)4-6-9;/h3-6,13H,7,12H2,1-2H3;1H. The summed E-state index contributed by atoms with van der Waals surface area (Å²) in [6, 6.07) is 6.44. The molecule has 0 saturated heterocycles. The minimum atomic E-state index is -3.46. The van der Waals surface area contributed by atoms with Gasteiger partial charge in [0.05, 0.1) is 4.90 Å². The van der Waals surface area contributed by atoms with E-state index in [2.05, 4.69) is 20.7 Å². The van der Waals surface area contributed by atoms with Gasteiger partial charge in [0.2, 0.25) is 10.0 Å². The summed E-state index contributed by atoms with van der Waals surface area (Å²) in [6.07, 6.45) is 0. The van der Waals surface area contributed by atoms with Crippen LogP contribution in [0.15, 0.2) is 33.6 Å². The van der Waals surface area contributed by atoms with Crippen molar-refractivity contribution in [3.8, 4) is 0 Å². The van der Waals surface area contributed by atoms with Gasteiger partial charge < -0.3 is 5.73 Å². The van der Waals surface area contributed by atoms with Crippen LogP contribution < -0.4 is 10.5 Å². The largest absolute Gasteiger partial charge is 0.324 e. The van der Waals surface area contributed by atoms with Gasteiger partial charge in [-0.2, -0.15) is 0 Å². The third-order valence-electron chi connectivity index (χ3n) is 1.84. The van der Waals surface area contributed by atoms with E-state index in [-0.39, 0.29) is 23.8 Å². The Morgan fingerprint density at radius 3 is 2.18 bits per heavy atom. The average Bonchev–Trinajstić information content (AvgIpc) is 2.15. The van der Waals surface area contributed by atoms with E-state index in [4.69, 9.17) is 5.73 Å². The van der Waals surface area contributed by atoms with Gasteiger partial charge >= 0.3 is 0 Å². The Hall–Kier alpha value is -0.140. The van der Waals surface area contributed by atoms with Crippen molar-refractivity contribution < 1.29 is 8.42 Å². The minimum absolute atomic E-state index is 0. The summed E-state index contributed by atoms with van der Waals surface area (Å²) < 4.78 is 26.9. The molecule has 17 heavy (non-hydrogen) atoms. The molecule has 0 aliphatic heterocycles. The smallest absolute Gasteiger partial charge is 0.240 e. The summed E-state index contributed by atoms with van der Waals surface area (Å²) in [7, 11) is -3.46. The number of nitrogens with two attached hydrogens (primary N) is 1. The molecular formula is C10H16BrClN2O2S. The van der Waals surface area contributed by atoms with Crippen molar-refractivity contribution in [3.05, 3.63) is 28.7 Å². The SMILES string of the molecule is CC(C)(N)CNS(=O)(=O)c1ccc(Br)cc1.Cl. The first-order chi connectivity index (χ1) is 7.21. The zero-order valence-electron chi connectivity index (χ0n) is 9.60. The monoisotopic (exact) mass is 342 g/mol. The molecule has 0 spiro atoms. The Bertz CT molecular complexity index is 454. The molecule has 1 rings (SSSR count). The Labute approximate surface area is 117 Å². The molecule has 0 atom stereocenters. The number of rotatable bonds is 4. The van der Waals surface area contributed by atoms with Crippen molar-refractivity contribution in [1.29, 1.82) is 0 Å². The van der Waals surface area contributed by atoms with Crippen LogP contribution in [-0.2, 0) is 10.0 Å².